The van der Waals surface area contributed by atoms with Gasteiger partial charge in [-0.1, -0.05) is 25.1 Å². The lowest BCUT2D eigenvalue weighted by atomic mass is 10.2. The topological polar surface area (TPSA) is 49.0 Å². The van der Waals surface area contributed by atoms with Gasteiger partial charge in [0.1, 0.15) is 0 Å². The summed E-state index contributed by atoms with van der Waals surface area (Å²) in [6, 6.07) is 7.66. The molecule has 0 aliphatic carbocycles. The van der Waals surface area contributed by atoms with Gasteiger partial charge in [-0.3, -0.25) is 9.89 Å². The molecule has 0 radical (unpaired) electrons. The van der Waals surface area contributed by atoms with Gasteiger partial charge in [0.2, 0.25) is 0 Å². The molecule has 2 aromatic rings. The smallest absolute Gasteiger partial charge is 0.274 e. The molecule has 16 heavy (non-hydrogen) atoms. The predicted molar refractivity (Wildman–Crippen MR) is 63.3 cm³/mol. The maximum atomic E-state index is 12.1. The Balaban J connectivity index is 2.36. The van der Waals surface area contributed by atoms with Crippen molar-refractivity contribution in [2.45, 2.75) is 13.3 Å². The standard InChI is InChI=1S/C12H15N3O/c1-3-8-15(2)12(16)11-9-6-4-5-7-10(9)13-14-11/h4-7H,3,8H2,1-2H3,(H,13,14). The second-order valence-corrected chi connectivity index (χ2v) is 3.84. The van der Waals surface area contributed by atoms with Gasteiger partial charge in [-0.15, -0.1) is 0 Å². The molecule has 0 unspecified atom stereocenters. The number of hydrogen-bond donors (Lipinski definition) is 1. The van der Waals surface area contributed by atoms with Gasteiger partial charge in [0.15, 0.2) is 5.69 Å². The average molecular weight is 217 g/mol. The first-order valence-electron chi connectivity index (χ1n) is 5.42. The molecule has 0 spiro atoms. The van der Waals surface area contributed by atoms with E-state index in [1.54, 1.807) is 11.9 Å². The highest BCUT2D eigenvalue weighted by atomic mass is 16.2. The van der Waals surface area contributed by atoms with Crippen LogP contribution in [0.3, 0.4) is 0 Å². The number of aromatic amines is 1. The zero-order chi connectivity index (χ0) is 11.5. The molecule has 84 valence electrons. The van der Waals surface area contributed by atoms with Crippen molar-refractivity contribution < 1.29 is 4.79 Å². The highest BCUT2D eigenvalue weighted by molar-refractivity contribution is 6.04. The van der Waals surface area contributed by atoms with Crippen molar-refractivity contribution in [3.8, 4) is 0 Å². The van der Waals surface area contributed by atoms with E-state index in [0.717, 1.165) is 23.9 Å². The molecule has 1 aromatic heterocycles. The van der Waals surface area contributed by atoms with Gasteiger partial charge in [0.25, 0.3) is 5.91 Å². The number of nitrogens with one attached hydrogen (secondary N) is 1. The Morgan fingerprint density at radius 3 is 2.94 bits per heavy atom. The van der Waals surface area contributed by atoms with Crippen LogP contribution in [0.5, 0.6) is 0 Å². The number of rotatable bonds is 3. The summed E-state index contributed by atoms with van der Waals surface area (Å²) in [6.45, 7) is 2.80. The van der Waals surface area contributed by atoms with Crippen LogP contribution in [-0.4, -0.2) is 34.6 Å². The lowest BCUT2D eigenvalue weighted by Crippen LogP contribution is -2.27. The van der Waals surface area contributed by atoms with Gasteiger partial charge in [-0.25, -0.2) is 0 Å². The van der Waals surface area contributed by atoms with Crippen molar-refractivity contribution in [3.63, 3.8) is 0 Å². The maximum Gasteiger partial charge on any atom is 0.274 e. The van der Waals surface area contributed by atoms with Gasteiger partial charge in [-0.05, 0) is 12.5 Å². The summed E-state index contributed by atoms with van der Waals surface area (Å²) in [5.41, 5.74) is 1.40. The number of carbonyl (C=O) groups is 1. The number of hydrogen-bond acceptors (Lipinski definition) is 2. The molecule has 1 N–H and O–H groups in total. The van der Waals surface area contributed by atoms with Crippen LogP contribution in [0, 0.1) is 0 Å². The van der Waals surface area contributed by atoms with E-state index in [-0.39, 0.29) is 5.91 Å². The molecule has 0 saturated carbocycles. The quantitative estimate of drug-likeness (QED) is 0.855. The Morgan fingerprint density at radius 1 is 1.44 bits per heavy atom. The van der Waals surface area contributed by atoms with E-state index in [1.165, 1.54) is 0 Å². The molecule has 1 amide bonds. The van der Waals surface area contributed by atoms with Crippen LogP contribution >= 0.6 is 0 Å². The highest BCUT2D eigenvalue weighted by Gasteiger charge is 2.16. The largest absolute Gasteiger partial charge is 0.340 e. The number of fused-ring (bicyclic) bond motifs is 1. The number of aromatic nitrogens is 2. The minimum Gasteiger partial charge on any atom is -0.340 e. The van der Waals surface area contributed by atoms with Crippen LogP contribution in [0.4, 0.5) is 0 Å². The first-order valence-corrected chi connectivity index (χ1v) is 5.42. The fourth-order valence-corrected chi connectivity index (χ4v) is 1.74. The summed E-state index contributed by atoms with van der Waals surface area (Å²) in [5.74, 6) is -0.0284. The van der Waals surface area contributed by atoms with E-state index in [4.69, 9.17) is 0 Å². The molecule has 0 atom stereocenters. The van der Waals surface area contributed by atoms with Crippen LogP contribution in [0.15, 0.2) is 24.3 Å². The lowest BCUT2D eigenvalue weighted by Gasteiger charge is -2.14. The summed E-state index contributed by atoms with van der Waals surface area (Å²) in [5, 5.41) is 7.84. The average Bonchev–Trinajstić information content (AvgIpc) is 2.72. The third kappa shape index (κ3) is 1.78. The molecule has 0 bridgehead atoms. The fourth-order valence-electron chi connectivity index (χ4n) is 1.74. The van der Waals surface area contributed by atoms with E-state index < -0.39 is 0 Å². The molecular weight excluding hydrogens is 202 g/mol. The first kappa shape index (κ1) is 10.7. The van der Waals surface area contributed by atoms with E-state index in [0.29, 0.717) is 5.69 Å². The monoisotopic (exact) mass is 217 g/mol. The lowest BCUT2D eigenvalue weighted by molar-refractivity contribution is 0.0791. The molecule has 0 fully saturated rings. The third-order valence-electron chi connectivity index (χ3n) is 2.58. The molecule has 1 aromatic carbocycles. The van der Waals surface area contributed by atoms with Gasteiger partial charge in [-0.2, -0.15) is 5.10 Å². The number of nitrogens with zero attached hydrogens (tertiary/aromatic N) is 2. The van der Waals surface area contributed by atoms with Crippen LogP contribution in [0.25, 0.3) is 10.9 Å². The Hall–Kier alpha value is -1.84. The Bertz CT molecular complexity index is 504. The van der Waals surface area contributed by atoms with Gasteiger partial charge < -0.3 is 4.90 Å². The second-order valence-electron chi connectivity index (χ2n) is 3.84. The predicted octanol–water partition coefficient (Wildman–Crippen LogP) is 2.04. The van der Waals surface area contributed by atoms with Crippen molar-refractivity contribution >= 4 is 16.8 Å². The minimum absolute atomic E-state index is 0.0284. The van der Waals surface area contributed by atoms with Crippen LogP contribution in [0.1, 0.15) is 23.8 Å². The molecule has 1 heterocycles. The maximum absolute atomic E-state index is 12.1. The van der Waals surface area contributed by atoms with Crippen molar-refractivity contribution in [2.24, 2.45) is 0 Å². The van der Waals surface area contributed by atoms with E-state index in [9.17, 15) is 4.79 Å². The molecule has 0 aliphatic heterocycles. The van der Waals surface area contributed by atoms with E-state index in [2.05, 4.69) is 10.2 Å². The number of H-pyrrole nitrogens is 1. The fraction of sp³-hybridized carbons (Fsp3) is 0.333. The molecule has 4 nitrogen and oxygen atoms in total. The van der Waals surface area contributed by atoms with E-state index >= 15 is 0 Å². The summed E-state index contributed by atoms with van der Waals surface area (Å²) in [7, 11) is 1.80. The van der Waals surface area contributed by atoms with Gasteiger partial charge >= 0.3 is 0 Å². The van der Waals surface area contributed by atoms with Crippen molar-refractivity contribution in [2.75, 3.05) is 13.6 Å². The number of carbonyl (C=O) groups excluding carboxylic acids is 1. The minimum atomic E-state index is -0.0284. The number of amides is 1. The molecule has 0 saturated heterocycles. The Labute approximate surface area is 94.3 Å². The van der Waals surface area contributed by atoms with Gasteiger partial charge in [0.05, 0.1) is 5.52 Å². The van der Waals surface area contributed by atoms with Crippen molar-refractivity contribution in [1.29, 1.82) is 0 Å². The van der Waals surface area contributed by atoms with Crippen molar-refractivity contribution in [1.82, 2.24) is 15.1 Å². The zero-order valence-corrected chi connectivity index (χ0v) is 9.53. The summed E-state index contributed by atoms with van der Waals surface area (Å²) < 4.78 is 0. The number of para-hydroxylation sites is 1. The second kappa shape index (κ2) is 4.35. The molecule has 0 aliphatic rings. The van der Waals surface area contributed by atoms with Crippen LogP contribution in [0.2, 0.25) is 0 Å². The van der Waals surface area contributed by atoms with E-state index in [1.807, 2.05) is 31.2 Å². The normalized spacial score (nSPS) is 10.6. The SMILES string of the molecule is CCCN(C)C(=O)c1n[nH]c2ccccc12. The van der Waals surface area contributed by atoms with Crippen LogP contribution < -0.4 is 0 Å². The zero-order valence-electron chi connectivity index (χ0n) is 9.53. The molecule has 4 heteroatoms. The molecular formula is C12H15N3O. The summed E-state index contributed by atoms with van der Waals surface area (Å²) >= 11 is 0. The highest BCUT2D eigenvalue weighted by Crippen LogP contribution is 2.16. The summed E-state index contributed by atoms with van der Waals surface area (Å²) in [6.07, 6.45) is 0.949. The first-order chi connectivity index (χ1) is 7.74. The summed E-state index contributed by atoms with van der Waals surface area (Å²) in [4.78, 5) is 13.8. The van der Waals surface area contributed by atoms with Crippen LogP contribution in [-0.2, 0) is 0 Å². The third-order valence-corrected chi connectivity index (χ3v) is 2.58. The Kier molecular flexibility index (Phi) is 2.90. The molecule has 2 rings (SSSR count). The Morgan fingerprint density at radius 2 is 2.19 bits per heavy atom. The van der Waals surface area contributed by atoms with Crippen molar-refractivity contribution in [3.05, 3.63) is 30.0 Å². The van der Waals surface area contributed by atoms with Gasteiger partial charge in [0, 0.05) is 19.0 Å². The number of benzene rings is 1.